The first kappa shape index (κ1) is 18.6. The van der Waals surface area contributed by atoms with Crippen molar-refractivity contribution in [3.63, 3.8) is 0 Å². The molecule has 1 amide bonds. The number of likely N-dealkylation sites (tertiary alicyclic amines) is 2. The summed E-state index contributed by atoms with van der Waals surface area (Å²) in [5.41, 5.74) is 0.702. The maximum absolute atomic E-state index is 13.1. The number of nitrogens with zero attached hydrogens (tertiary/aromatic N) is 2. The molecule has 1 atom stereocenters. The second kappa shape index (κ2) is 8.51. The van der Waals surface area contributed by atoms with Gasteiger partial charge in [-0.2, -0.15) is 0 Å². The van der Waals surface area contributed by atoms with Crippen LogP contribution >= 0.6 is 0 Å². The molecule has 148 valence electrons. The smallest absolute Gasteiger partial charge is 0.254 e. The molecule has 1 aromatic carbocycles. The number of benzene rings is 1. The van der Waals surface area contributed by atoms with Gasteiger partial charge in [0.25, 0.3) is 5.91 Å². The van der Waals surface area contributed by atoms with E-state index >= 15 is 0 Å². The van der Waals surface area contributed by atoms with Crippen LogP contribution < -0.4 is 9.47 Å². The first-order valence-electron chi connectivity index (χ1n) is 10.6. The summed E-state index contributed by atoms with van der Waals surface area (Å²) in [6.07, 6.45) is 9.85. The molecule has 5 heteroatoms. The first-order valence-corrected chi connectivity index (χ1v) is 10.6. The lowest BCUT2D eigenvalue weighted by Gasteiger charge is -2.37. The fourth-order valence-electron chi connectivity index (χ4n) is 4.81. The molecule has 3 aliphatic rings. The van der Waals surface area contributed by atoms with Gasteiger partial charge in [-0.3, -0.25) is 9.69 Å². The number of carbonyl (C=O) groups excluding carboxylic acids is 1. The Labute approximate surface area is 162 Å². The Morgan fingerprint density at radius 1 is 0.963 bits per heavy atom. The Morgan fingerprint density at radius 2 is 1.74 bits per heavy atom. The predicted molar refractivity (Wildman–Crippen MR) is 106 cm³/mol. The summed E-state index contributed by atoms with van der Waals surface area (Å²) in [6, 6.07) is 6.18. The maximum atomic E-state index is 13.1. The number of methoxy groups -OCH3 is 1. The van der Waals surface area contributed by atoms with Crippen LogP contribution in [-0.2, 0) is 0 Å². The van der Waals surface area contributed by atoms with E-state index in [0.717, 1.165) is 38.1 Å². The molecule has 5 nitrogen and oxygen atoms in total. The molecule has 0 aromatic heterocycles. The van der Waals surface area contributed by atoms with E-state index in [1.165, 1.54) is 45.2 Å². The van der Waals surface area contributed by atoms with Crippen LogP contribution in [0.15, 0.2) is 18.2 Å². The summed E-state index contributed by atoms with van der Waals surface area (Å²) in [4.78, 5) is 17.7. The third kappa shape index (κ3) is 4.23. The standard InChI is InChI=1S/C22H32N2O3/c1-26-21-15-17(10-11-20(21)27-19-8-2-3-9-19)22(25)24-14-6-7-18(16-24)23-12-4-5-13-23/h10-11,15,18-19H,2-9,12-14,16H2,1H3/t18-/m1/s1. The summed E-state index contributed by atoms with van der Waals surface area (Å²) in [7, 11) is 1.65. The van der Waals surface area contributed by atoms with E-state index in [1.807, 2.05) is 23.1 Å². The van der Waals surface area contributed by atoms with Gasteiger partial charge in [-0.05, 0) is 82.7 Å². The third-order valence-electron chi connectivity index (χ3n) is 6.35. The summed E-state index contributed by atoms with van der Waals surface area (Å²) in [5.74, 6) is 1.54. The molecule has 1 aromatic rings. The number of carbonyl (C=O) groups is 1. The normalized spacial score (nSPS) is 24.3. The van der Waals surface area contributed by atoms with Crippen molar-refractivity contribution in [1.82, 2.24) is 9.80 Å². The highest BCUT2D eigenvalue weighted by atomic mass is 16.5. The molecule has 2 saturated heterocycles. The lowest BCUT2D eigenvalue weighted by molar-refractivity contribution is 0.0607. The van der Waals surface area contributed by atoms with E-state index in [2.05, 4.69) is 4.90 Å². The van der Waals surface area contributed by atoms with Crippen LogP contribution in [0.5, 0.6) is 11.5 Å². The van der Waals surface area contributed by atoms with Crippen molar-refractivity contribution in [3.05, 3.63) is 23.8 Å². The third-order valence-corrected chi connectivity index (χ3v) is 6.35. The van der Waals surface area contributed by atoms with Gasteiger partial charge >= 0.3 is 0 Å². The highest BCUT2D eigenvalue weighted by Crippen LogP contribution is 2.33. The van der Waals surface area contributed by atoms with Gasteiger partial charge in [0.15, 0.2) is 11.5 Å². The Balaban J connectivity index is 1.44. The van der Waals surface area contributed by atoms with Crippen molar-refractivity contribution in [2.45, 2.75) is 63.5 Å². The van der Waals surface area contributed by atoms with Crippen LogP contribution in [0.1, 0.15) is 61.7 Å². The summed E-state index contributed by atoms with van der Waals surface area (Å²) in [6.45, 7) is 4.08. The van der Waals surface area contributed by atoms with Crippen molar-refractivity contribution >= 4 is 5.91 Å². The Morgan fingerprint density at radius 3 is 2.48 bits per heavy atom. The molecule has 2 heterocycles. The molecular weight excluding hydrogens is 340 g/mol. The van der Waals surface area contributed by atoms with Crippen LogP contribution in [0.4, 0.5) is 0 Å². The minimum atomic E-state index is 0.115. The van der Waals surface area contributed by atoms with Crippen LogP contribution in [0.3, 0.4) is 0 Å². The molecule has 0 radical (unpaired) electrons. The van der Waals surface area contributed by atoms with Crippen LogP contribution in [-0.4, -0.2) is 61.1 Å². The van der Waals surface area contributed by atoms with Gasteiger partial charge in [0.05, 0.1) is 13.2 Å². The van der Waals surface area contributed by atoms with E-state index in [9.17, 15) is 4.79 Å². The molecule has 0 bridgehead atoms. The second-order valence-corrected chi connectivity index (χ2v) is 8.18. The predicted octanol–water partition coefficient (Wildman–Crippen LogP) is 3.72. The average molecular weight is 373 g/mol. The van der Waals surface area contributed by atoms with Gasteiger partial charge < -0.3 is 14.4 Å². The number of hydrogen-bond acceptors (Lipinski definition) is 4. The van der Waals surface area contributed by atoms with Crippen molar-refractivity contribution in [2.75, 3.05) is 33.3 Å². The fourth-order valence-corrected chi connectivity index (χ4v) is 4.81. The number of rotatable bonds is 5. The molecule has 27 heavy (non-hydrogen) atoms. The molecule has 0 unspecified atom stereocenters. The van der Waals surface area contributed by atoms with Crippen molar-refractivity contribution in [2.24, 2.45) is 0 Å². The first-order chi connectivity index (χ1) is 13.2. The zero-order valence-electron chi connectivity index (χ0n) is 16.5. The van der Waals surface area contributed by atoms with E-state index in [4.69, 9.17) is 9.47 Å². The largest absolute Gasteiger partial charge is 0.493 e. The zero-order chi connectivity index (χ0) is 18.6. The lowest BCUT2D eigenvalue weighted by Crippen LogP contribution is -2.49. The molecule has 1 aliphatic carbocycles. The quantitative estimate of drug-likeness (QED) is 0.790. The second-order valence-electron chi connectivity index (χ2n) is 8.18. The molecule has 0 N–H and O–H groups in total. The Bertz CT molecular complexity index is 651. The zero-order valence-corrected chi connectivity index (χ0v) is 16.5. The van der Waals surface area contributed by atoms with Gasteiger partial charge in [0.1, 0.15) is 0 Å². The van der Waals surface area contributed by atoms with E-state index in [1.54, 1.807) is 7.11 Å². The van der Waals surface area contributed by atoms with E-state index in [-0.39, 0.29) is 12.0 Å². The van der Waals surface area contributed by atoms with Crippen molar-refractivity contribution in [3.8, 4) is 11.5 Å². The summed E-state index contributed by atoms with van der Waals surface area (Å²) < 4.78 is 11.6. The highest BCUT2D eigenvalue weighted by molar-refractivity contribution is 5.95. The van der Waals surface area contributed by atoms with Crippen LogP contribution in [0.25, 0.3) is 0 Å². The van der Waals surface area contributed by atoms with Gasteiger partial charge in [-0.1, -0.05) is 0 Å². The Kier molecular flexibility index (Phi) is 5.86. The van der Waals surface area contributed by atoms with Gasteiger partial charge in [-0.15, -0.1) is 0 Å². The topological polar surface area (TPSA) is 42.0 Å². The number of amides is 1. The maximum Gasteiger partial charge on any atom is 0.254 e. The molecule has 1 saturated carbocycles. The number of piperidine rings is 1. The van der Waals surface area contributed by atoms with Crippen molar-refractivity contribution < 1.29 is 14.3 Å². The highest BCUT2D eigenvalue weighted by Gasteiger charge is 2.30. The van der Waals surface area contributed by atoms with Crippen LogP contribution in [0.2, 0.25) is 0 Å². The molecule has 0 spiro atoms. The van der Waals surface area contributed by atoms with E-state index in [0.29, 0.717) is 17.4 Å². The van der Waals surface area contributed by atoms with Gasteiger partial charge in [0, 0.05) is 24.7 Å². The number of hydrogen-bond donors (Lipinski definition) is 0. The van der Waals surface area contributed by atoms with Gasteiger partial charge in [0.2, 0.25) is 0 Å². The van der Waals surface area contributed by atoms with Crippen LogP contribution in [0, 0.1) is 0 Å². The fraction of sp³-hybridized carbons (Fsp3) is 0.682. The minimum Gasteiger partial charge on any atom is -0.493 e. The van der Waals surface area contributed by atoms with E-state index < -0.39 is 0 Å². The van der Waals surface area contributed by atoms with Gasteiger partial charge in [-0.25, -0.2) is 0 Å². The number of ether oxygens (including phenoxy) is 2. The lowest BCUT2D eigenvalue weighted by atomic mass is 10.0. The Hall–Kier alpha value is -1.75. The van der Waals surface area contributed by atoms with Crippen molar-refractivity contribution in [1.29, 1.82) is 0 Å². The summed E-state index contributed by atoms with van der Waals surface area (Å²) in [5, 5.41) is 0. The average Bonchev–Trinajstić information content (AvgIpc) is 3.42. The monoisotopic (exact) mass is 372 g/mol. The minimum absolute atomic E-state index is 0.115. The SMILES string of the molecule is COc1cc(C(=O)N2CCC[C@@H](N3CCCC3)C2)ccc1OC1CCCC1. The molecule has 2 aliphatic heterocycles. The molecule has 4 rings (SSSR count). The summed E-state index contributed by atoms with van der Waals surface area (Å²) >= 11 is 0. The molecular formula is C22H32N2O3. The molecule has 3 fully saturated rings.